The zero-order chi connectivity index (χ0) is 22.5. The topological polar surface area (TPSA) is 60.5 Å². The van der Waals surface area contributed by atoms with Gasteiger partial charge in [0, 0.05) is 27.5 Å². The van der Waals surface area contributed by atoms with Gasteiger partial charge in [0.1, 0.15) is 0 Å². The van der Waals surface area contributed by atoms with E-state index < -0.39 is 0 Å². The number of nitrogens with one attached hydrogen (secondary N) is 1. The van der Waals surface area contributed by atoms with Gasteiger partial charge in [-0.05, 0) is 67.5 Å². The molecular weight excluding hydrogens is 444 g/mol. The molecule has 0 atom stereocenters. The van der Waals surface area contributed by atoms with Crippen molar-refractivity contribution in [3.05, 3.63) is 58.2 Å². The zero-order valence-electron chi connectivity index (χ0n) is 18.4. The number of nitrogens with zero attached hydrogens (tertiary/aromatic N) is 1. The third-order valence-corrected chi connectivity index (χ3v) is 7.10. The van der Waals surface area contributed by atoms with Crippen molar-refractivity contribution in [2.75, 3.05) is 26.5 Å². The van der Waals surface area contributed by atoms with Gasteiger partial charge in [0.05, 0.1) is 25.5 Å². The molecule has 7 heteroatoms. The lowest BCUT2D eigenvalue weighted by Crippen LogP contribution is -2.27. The number of thioether (sulfide) groups is 1. The smallest absolute Gasteiger partial charge is 0.230 e. The SMILES string of the molecule is COc1ccc(CCNC(=O)CSc2c3c(nc4cc(Cl)ccc24)CCCC3)cc1OC. The minimum atomic E-state index is 0.0268. The standard InChI is InChI=1S/C25H27ClN2O3S/c1-30-22-10-7-16(13-23(22)31-2)11-12-27-24(29)15-32-25-18-5-3-4-6-20(18)28-21-14-17(26)8-9-19(21)25/h7-10,13-14H,3-6,11-12,15H2,1-2H3,(H,27,29). The number of ether oxygens (including phenoxy) is 2. The molecule has 2 aromatic carbocycles. The average Bonchev–Trinajstić information content (AvgIpc) is 2.81. The Morgan fingerprint density at radius 3 is 2.72 bits per heavy atom. The summed E-state index contributed by atoms with van der Waals surface area (Å²) in [7, 11) is 3.24. The Balaban J connectivity index is 1.40. The number of carbonyl (C=O) groups excluding carboxylic acids is 1. The quantitative estimate of drug-likeness (QED) is 0.456. The summed E-state index contributed by atoms with van der Waals surface area (Å²) in [5, 5.41) is 4.80. The maximum absolute atomic E-state index is 12.6. The van der Waals surface area contributed by atoms with E-state index in [1.165, 1.54) is 16.9 Å². The highest BCUT2D eigenvalue weighted by Crippen LogP contribution is 2.36. The van der Waals surface area contributed by atoms with Crippen molar-refractivity contribution < 1.29 is 14.3 Å². The van der Waals surface area contributed by atoms with Crippen molar-refractivity contribution >= 4 is 40.2 Å². The molecule has 1 aromatic heterocycles. The molecule has 1 amide bonds. The number of benzene rings is 2. The molecular formula is C25H27ClN2O3S. The molecule has 0 aliphatic heterocycles. The summed E-state index contributed by atoms with van der Waals surface area (Å²) in [5.41, 5.74) is 4.45. The number of carbonyl (C=O) groups is 1. The molecule has 32 heavy (non-hydrogen) atoms. The van der Waals surface area contributed by atoms with E-state index in [0.717, 1.165) is 47.8 Å². The van der Waals surface area contributed by atoms with Gasteiger partial charge in [-0.3, -0.25) is 9.78 Å². The third-order valence-electron chi connectivity index (χ3n) is 5.70. The van der Waals surface area contributed by atoms with Crippen LogP contribution in [0.3, 0.4) is 0 Å². The van der Waals surface area contributed by atoms with Gasteiger partial charge in [0.15, 0.2) is 11.5 Å². The minimum absolute atomic E-state index is 0.0268. The van der Waals surface area contributed by atoms with Crippen molar-refractivity contribution in [3.63, 3.8) is 0 Å². The second kappa shape index (κ2) is 10.5. The Hall–Kier alpha value is -2.44. The van der Waals surface area contributed by atoms with E-state index in [-0.39, 0.29) is 5.91 Å². The van der Waals surface area contributed by atoms with E-state index >= 15 is 0 Å². The molecule has 1 aliphatic rings. The molecule has 0 bridgehead atoms. The van der Waals surface area contributed by atoms with Crippen LogP contribution in [-0.4, -0.2) is 37.4 Å². The first kappa shape index (κ1) is 22.7. The number of methoxy groups -OCH3 is 2. The van der Waals surface area contributed by atoms with Gasteiger partial charge in [0.25, 0.3) is 0 Å². The third kappa shape index (κ3) is 5.13. The Labute approximate surface area is 197 Å². The normalized spacial score (nSPS) is 13.0. The number of fused-ring (bicyclic) bond motifs is 2. The molecule has 0 radical (unpaired) electrons. The molecule has 1 N–H and O–H groups in total. The van der Waals surface area contributed by atoms with E-state index in [1.807, 2.05) is 36.4 Å². The highest BCUT2D eigenvalue weighted by molar-refractivity contribution is 8.00. The van der Waals surface area contributed by atoms with E-state index in [4.69, 9.17) is 26.1 Å². The molecule has 0 spiro atoms. The van der Waals surface area contributed by atoms with Crippen LogP contribution in [0.2, 0.25) is 5.02 Å². The van der Waals surface area contributed by atoms with E-state index in [9.17, 15) is 4.79 Å². The molecule has 3 aromatic rings. The summed E-state index contributed by atoms with van der Waals surface area (Å²) >= 11 is 7.80. The summed E-state index contributed by atoms with van der Waals surface area (Å²) in [6.07, 6.45) is 5.06. The van der Waals surface area contributed by atoms with Crippen LogP contribution in [0.25, 0.3) is 10.9 Å². The Morgan fingerprint density at radius 2 is 1.91 bits per heavy atom. The maximum atomic E-state index is 12.6. The Kier molecular flexibility index (Phi) is 7.43. The van der Waals surface area contributed by atoms with Crippen molar-refractivity contribution in [2.45, 2.75) is 37.0 Å². The van der Waals surface area contributed by atoms with Crippen molar-refractivity contribution in [3.8, 4) is 11.5 Å². The summed E-state index contributed by atoms with van der Waals surface area (Å²) in [6.45, 7) is 0.569. The van der Waals surface area contributed by atoms with Crippen LogP contribution >= 0.6 is 23.4 Å². The first-order valence-electron chi connectivity index (χ1n) is 10.8. The highest BCUT2D eigenvalue weighted by Gasteiger charge is 2.19. The lowest BCUT2D eigenvalue weighted by molar-refractivity contribution is -0.118. The van der Waals surface area contributed by atoms with Gasteiger partial charge in [-0.15, -0.1) is 11.8 Å². The fraction of sp³-hybridized carbons (Fsp3) is 0.360. The molecule has 168 valence electrons. The van der Waals surface area contributed by atoms with Crippen LogP contribution in [0.5, 0.6) is 11.5 Å². The van der Waals surface area contributed by atoms with Crippen LogP contribution in [0.4, 0.5) is 0 Å². The number of hydrogen-bond acceptors (Lipinski definition) is 5. The largest absolute Gasteiger partial charge is 0.493 e. The van der Waals surface area contributed by atoms with E-state index in [1.54, 1.807) is 26.0 Å². The summed E-state index contributed by atoms with van der Waals surface area (Å²) in [5.74, 6) is 1.80. The number of amides is 1. The number of rotatable bonds is 8. The number of hydrogen-bond donors (Lipinski definition) is 1. The van der Waals surface area contributed by atoms with Gasteiger partial charge in [0.2, 0.25) is 5.91 Å². The second-order valence-electron chi connectivity index (χ2n) is 7.81. The second-order valence-corrected chi connectivity index (χ2v) is 9.23. The zero-order valence-corrected chi connectivity index (χ0v) is 19.9. The van der Waals surface area contributed by atoms with Crippen LogP contribution in [0.1, 0.15) is 29.7 Å². The number of aryl methyl sites for hydroxylation is 1. The molecule has 1 aliphatic carbocycles. The lowest BCUT2D eigenvalue weighted by Gasteiger charge is -2.20. The van der Waals surface area contributed by atoms with E-state index in [0.29, 0.717) is 28.8 Å². The summed E-state index contributed by atoms with van der Waals surface area (Å²) in [6, 6.07) is 11.7. The van der Waals surface area contributed by atoms with Gasteiger partial charge < -0.3 is 14.8 Å². The first-order chi connectivity index (χ1) is 15.6. The monoisotopic (exact) mass is 470 g/mol. The highest BCUT2D eigenvalue weighted by atomic mass is 35.5. The minimum Gasteiger partial charge on any atom is -0.493 e. The van der Waals surface area contributed by atoms with Crippen LogP contribution < -0.4 is 14.8 Å². The van der Waals surface area contributed by atoms with Crippen LogP contribution in [0.15, 0.2) is 41.3 Å². The summed E-state index contributed by atoms with van der Waals surface area (Å²) in [4.78, 5) is 18.6. The molecule has 0 unspecified atom stereocenters. The number of halogens is 1. The molecule has 0 saturated carbocycles. The maximum Gasteiger partial charge on any atom is 0.230 e. The predicted molar refractivity (Wildman–Crippen MR) is 130 cm³/mol. The molecule has 1 heterocycles. The number of pyridine rings is 1. The summed E-state index contributed by atoms with van der Waals surface area (Å²) < 4.78 is 10.6. The lowest BCUT2D eigenvalue weighted by atomic mass is 9.94. The van der Waals surface area contributed by atoms with Crippen LogP contribution in [-0.2, 0) is 24.1 Å². The average molecular weight is 471 g/mol. The van der Waals surface area contributed by atoms with Gasteiger partial charge in [-0.1, -0.05) is 23.7 Å². The van der Waals surface area contributed by atoms with Crippen molar-refractivity contribution in [1.29, 1.82) is 0 Å². The van der Waals surface area contributed by atoms with E-state index in [2.05, 4.69) is 5.32 Å². The van der Waals surface area contributed by atoms with Crippen LogP contribution in [0, 0.1) is 0 Å². The van der Waals surface area contributed by atoms with Gasteiger partial charge >= 0.3 is 0 Å². The fourth-order valence-corrected chi connectivity index (χ4v) is 5.36. The van der Waals surface area contributed by atoms with Crippen molar-refractivity contribution in [2.24, 2.45) is 0 Å². The Morgan fingerprint density at radius 1 is 1.09 bits per heavy atom. The molecule has 0 saturated heterocycles. The number of aromatic nitrogens is 1. The van der Waals surface area contributed by atoms with Gasteiger partial charge in [-0.25, -0.2) is 0 Å². The molecule has 4 rings (SSSR count). The molecule has 0 fully saturated rings. The van der Waals surface area contributed by atoms with Gasteiger partial charge in [-0.2, -0.15) is 0 Å². The first-order valence-corrected chi connectivity index (χ1v) is 12.2. The fourth-order valence-electron chi connectivity index (χ4n) is 4.09. The Bertz CT molecular complexity index is 1140. The molecule has 5 nitrogen and oxygen atoms in total. The van der Waals surface area contributed by atoms with Crippen molar-refractivity contribution in [1.82, 2.24) is 10.3 Å². The predicted octanol–water partition coefficient (Wildman–Crippen LogP) is 5.24.